The first-order valence-corrected chi connectivity index (χ1v) is 12.0. The molecule has 0 saturated heterocycles. The van der Waals surface area contributed by atoms with E-state index < -0.39 is 0 Å². The first-order valence-electron chi connectivity index (χ1n) is 12.0. The van der Waals surface area contributed by atoms with Crippen LogP contribution in [0.2, 0.25) is 0 Å². The van der Waals surface area contributed by atoms with E-state index in [9.17, 15) is 0 Å². The van der Waals surface area contributed by atoms with Crippen LogP contribution in [0.3, 0.4) is 0 Å². The van der Waals surface area contributed by atoms with Crippen molar-refractivity contribution >= 4 is 0 Å². The third-order valence-electron chi connectivity index (χ3n) is 0. The first-order chi connectivity index (χ1) is 12.0. The summed E-state index contributed by atoms with van der Waals surface area (Å²) in [6.07, 6.45) is 0. The molecule has 0 aliphatic carbocycles. The van der Waals surface area contributed by atoms with E-state index >= 15 is 0 Å². The topological polar surface area (TPSA) is 0 Å². The predicted molar refractivity (Wildman–Crippen MR) is 225 cm³/mol. The fourth-order valence-corrected chi connectivity index (χ4v) is 0. The van der Waals surface area contributed by atoms with E-state index in [-0.39, 0.29) is 94.8 Å². The van der Waals surface area contributed by atoms with Gasteiger partial charge in [-0.1, -0.05) is 255 Å². The molecule has 0 unspecified atom stereocenters. The van der Waals surface area contributed by atoms with E-state index in [0.29, 0.717) is 0 Å². The monoisotopic (exact) mass is 569 g/mol. The lowest BCUT2D eigenvalue weighted by Crippen LogP contribution is -0.856. The maximum atomic E-state index is 2.00. The summed E-state index contributed by atoms with van der Waals surface area (Å²) in [5.41, 5.74) is 0. The molecule has 36 heavy (non-hydrogen) atoms. The normalized spacial score (nSPS) is 2.00. The van der Waals surface area contributed by atoms with Gasteiger partial charge in [-0.3, -0.25) is 0 Å². The van der Waals surface area contributed by atoms with Crippen molar-refractivity contribution in [2.45, 2.75) is 255 Å². The van der Waals surface area contributed by atoms with E-state index in [1.54, 1.807) is 0 Å². The molecule has 0 aromatic heterocycles. The van der Waals surface area contributed by atoms with Crippen molar-refractivity contribution in [1.82, 2.24) is 0 Å². The van der Waals surface area contributed by atoms with Gasteiger partial charge in [0, 0.05) is 5.71 Å². The summed E-state index contributed by atoms with van der Waals surface area (Å²) in [4.78, 5) is 0. The molecular formula is C36H128. The fraction of sp³-hybridized carbons (Fsp3) is 1.00. The summed E-state index contributed by atoms with van der Waals surface area (Å²) in [6.45, 7) is 48.0. The number of rotatable bonds is 0. The van der Waals surface area contributed by atoms with Crippen molar-refractivity contribution in [2.75, 3.05) is 0 Å². The van der Waals surface area contributed by atoms with Gasteiger partial charge in [0.05, 0.1) is 0 Å². The van der Waals surface area contributed by atoms with Gasteiger partial charge >= 0.3 is 0 Å². The second kappa shape index (κ2) is 0. The predicted octanol–water partition coefficient (Wildman–Crippen LogP) is 20.9. The molecule has 0 bridgehead atoms. The average molecular weight is 569 g/mol. The van der Waals surface area contributed by atoms with Gasteiger partial charge in [-0.15, -0.1) is 0 Å². The summed E-state index contributed by atoms with van der Waals surface area (Å²) < 4.78 is 0. The van der Waals surface area contributed by atoms with E-state index in [1.165, 1.54) is 0 Å². The molecule has 0 radical (unpaired) electrons. The molecule has 0 aliphatic rings. The third kappa shape index (κ3) is 0. The Morgan fingerprint density at radius 2 is 0.111 bits per heavy atom. The zero-order valence-corrected chi connectivity index (χ0v) is 24.0. The van der Waals surface area contributed by atoms with E-state index in [4.69, 9.17) is 0 Å². The summed E-state index contributed by atoms with van der Waals surface area (Å²) in [5, 5.41) is 0. The van der Waals surface area contributed by atoms with E-state index in [1.807, 2.05) is 166 Å². The lowest BCUT2D eigenvalue weighted by atomic mass is 11.0. The highest BCUT2D eigenvalue weighted by molar-refractivity contribution is 3.53. The van der Waals surface area contributed by atoms with Crippen LogP contribution in [0.5, 0.6) is 0 Å². The highest BCUT2D eigenvalue weighted by Crippen LogP contribution is 1.17. The maximum absolute atomic E-state index is 2.00. The van der Waals surface area contributed by atoms with Gasteiger partial charge in [0.2, 0.25) is 0 Å². The van der Waals surface area contributed by atoms with Crippen molar-refractivity contribution in [3.05, 3.63) is 0 Å². The van der Waals surface area contributed by atoms with Gasteiger partial charge < -0.3 is 0 Å². The lowest BCUT2D eigenvalue weighted by Gasteiger charge is -1.07. The highest BCUT2D eigenvalue weighted by atomic mass is 13.0. The quantitative estimate of drug-likeness (QED) is 0.272. The Labute approximate surface area is 261 Å². The molecule has 0 saturated carbocycles. The van der Waals surface area contributed by atoms with Crippen LogP contribution >= 0.6 is 0 Å². The summed E-state index contributed by atoms with van der Waals surface area (Å²) in [7, 11) is 0. The second-order valence-corrected chi connectivity index (χ2v) is 0. The molecule has 0 N–H and O–H groups in total. The van der Waals surface area contributed by atoms with E-state index in [0.717, 1.165) is 0 Å². The van der Waals surface area contributed by atoms with Gasteiger partial charge in [-0.2, -0.15) is 0 Å². The summed E-state index contributed by atoms with van der Waals surface area (Å²) >= 11 is 0. The van der Waals surface area contributed by atoms with Gasteiger partial charge in [-0.25, -0.2) is 0 Å². The van der Waals surface area contributed by atoms with Gasteiger partial charge in [0.25, 0.3) is 0 Å². The Morgan fingerprint density at radius 1 is 0.111 bits per heavy atom. The molecule has 272 valence electrons. The minimum atomic E-state index is 0. The average Bonchev–Trinajstić information content (AvgIpc) is 2.84. The van der Waals surface area contributed by atoms with Crippen LogP contribution in [0.1, 0.15) is 261 Å². The number of hydrogen-bond donors (Lipinski definition) is 0. The van der Waals surface area contributed by atoms with Crippen LogP contribution in [0.15, 0.2) is 0 Å². The van der Waals surface area contributed by atoms with Crippen LogP contribution in [0, 0.1) is 0 Å². The first kappa shape index (κ1) is 306. The standard InChI is InChI=1S/12C2H6.12CH4.4H2/c12*1-2;;;;;;;;;;;;;;;;/h12*1-2H3;12*1H4;4*1H/i;;;;;;;;;;;;;;;;;;;;;;;;4*1+2. The molecule has 0 atom stereocenters. The van der Waals surface area contributed by atoms with E-state index in [2.05, 4.69) is 0 Å². The van der Waals surface area contributed by atoms with Crippen molar-refractivity contribution in [3.63, 3.8) is 0 Å². The third-order valence-corrected chi connectivity index (χ3v) is 0. The molecule has 0 nitrogen and oxygen atoms in total. The molecule has 0 aliphatic heterocycles. The van der Waals surface area contributed by atoms with Crippen LogP contribution in [-0.4, -0.2) is 0 Å². The molecule has 0 heteroatoms. The minimum Gasteiger partial charge on any atom is -0.0776 e. The van der Waals surface area contributed by atoms with Gasteiger partial charge in [0.15, 0.2) is 0 Å². The van der Waals surface area contributed by atoms with Crippen molar-refractivity contribution in [2.24, 2.45) is 0 Å². The largest absolute Gasteiger partial charge is 0.0776 e. The Balaban J connectivity index is -0.00000000146. The molecule has 0 rings (SSSR count). The van der Waals surface area contributed by atoms with Crippen molar-refractivity contribution in [1.29, 1.82) is 0 Å². The zero-order chi connectivity index (χ0) is 24.0. The van der Waals surface area contributed by atoms with Crippen LogP contribution < -0.4 is 0 Å². The lowest BCUT2D eigenvalue weighted by molar-refractivity contribution is 1.50. The highest BCUT2D eigenvalue weighted by Gasteiger charge is 0.954. The van der Waals surface area contributed by atoms with Crippen molar-refractivity contribution in [3.8, 4) is 0 Å². The summed E-state index contributed by atoms with van der Waals surface area (Å²) in [6, 6.07) is 0. The Kier molecular flexibility index (Phi) is 0. The molecular weight excluding hydrogens is 432 g/mol. The zero-order valence-electron chi connectivity index (χ0n) is 24.0. The molecule has 0 aromatic rings. The Hall–Kier alpha value is 0. The smallest absolute Gasteiger partial charge is 0 e. The second-order valence-electron chi connectivity index (χ2n) is 0. The summed E-state index contributed by atoms with van der Waals surface area (Å²) in [5.74, 6) is 0. The fourth-order valence-electron chi connectivity index (χ4n) is 0. The molecule has 0 spiro atoms. The SMILES string of the molecule is C.C.C.C.C.C.C.C.C.C.C.C.CC.CC.CC.CC.CC.CC.CC.CC.CC.CC.CC.CC.[3HH].[3HH].[3HH].[3HH]. The molecule has 0 fully saturated rings. The Bertz CT molecular complexity index is 18.8. The molecule has 0 heterocycles. The molecule has 0 amide bonds. The van der Waals surface area contributed by atoms with Gasteiger partial charge in [-0.05, 0) is 0 Å². The van der Waals surface area contributed by atoms with Crippen LogP contribution in [0.4, 0.5) is 0 Å². The van der Waals surface area contributed by atoms with Crippen LogP contribution in [-0.2, 0) is 0 Å². The number of hydrogen-bond acceptors (Lipinski definition) is 0. The maximum Gasteiger partial charge on any atom is 0 e. The minimum absolute atomic E-state index is 0. The van der Waals surface area contributed by atoms with Crippen LogP contribution in [0.25, 0.3) is 0 Å². The van der Waals surface area contributed by atoms with Gasteiger partial charge in [0.1, 0.15) is 0 Å². The van der Waals surface area contributed by atoms with Crippen molar-refractivity contribution < 1.29 is 5.71 Å². The molecule has 0 aromatic carbocycles. The Morgan fingerprint density at radius 3 is 0.111 bits per heavy atom.